The molecule has 2 saturated heterocycles. The van der Waals surface area contributed by atoms with Gasteiger partial charge >= 0.3 is 0 Å². The Labute approximate surface area is 161 Å². The van der Waals surface area contributed by atoms with Crippen LogP contribution in [0.4, 0.5) is 5.82 Å². The number of para-hydroxylation sites is 1. The van der Waals surface area contributed by atoms with Crippen LogP contribution in [0.3, 0.4) is 0 Å². The Balaban J connectivity index is 1.41. The maximum Gasteiger partial charge on any atom is 0.129 e. The predicted molar refractivity (Wildman–Crippen MR) is 108 cm³/mol. The number of pyridine rings is 1. The van der Waals surface area contributed by atoms with E-state index in [4.69, 9.17) is 9.72 Å². The second-order valence-corrected chi connectivity index (χ2v) is 7.89. The quantitative estimate of drug-likeness (QED) is 0.900. The Morgan fingerprint density at radius 3 is 2.85 bits per heavy atom. The summed E-state index contributed by atoms with van der Waals surface area (Å²) in [6.45, 7) is 6.23. The van der Waals surface area contributed by atoms with Crippen LogP contribution in [0.2, 0.25) is 0 Å². The van der Waals surface area contributed by atoms with Gasteiger partial charge in [-0.15, -0.1) is 0 Å². The lowest BCUT2D eigenvalue weighted by atomic mass is 9.95. The second kappa shape index (κ2) is 8.24. The fourth-order valence-electron chi connectivity index (χ4n) is 4.37. The van der Waals surface area contributed by atoms with E-state index in [2.05, 4.69) is 35.3 Å². The van der Waals surface area contributed by atoms with Gasteiger partial charge in [0, 0.05) is 37.2 Å². The minimum atomic E-state index is 0.435. The summed E-state index contributed by atoms with van der Waals surface area (Å²) in [5.74, 6) is 1.75. The molecule has 2 aliphatic rings. The summed E-state index contributed by atoms with van der Waals surface area (Å²) in [5, 5.41) is 14.2. The standard InChI is InChI=1S/C22H28N4O/c1-16-13-20(24-15-17-8-11-27-12-9-17)7-10-26(16)21-6-5-18-3-2-4-19(14-23)22(18)25-21/h2-6,16-17,20,24H,7-13,15H2,1H3/t16-,20-/m1/s1. The van der Waals surface area contributed by atoms with E-state index in [-0.39, 0.29) is 0 Å². The van der Waals surface area contributed by atoms with Gasteiger partial charge in [0.1, 0.15) is 11.9 Å². The highest BCUT2D eigenvalue weighted by Crippen LogP contribution is 2.27. The van der Waals surface area contributed by atoms with E-state index in [1.165, 1.54) is 12.8 Å². The molecular formula is C22H28N4O. The third-order valence-corrected chi connectivity index (χ3v) is 6.03. The number of nitrogens with one attached hydrogen (secondary N) is 1. The van der Waals surface area contributed by atoms with Crippen LogP contribution in [0.5, 0.6) is 0 Å². The number of aromatic nitrogens is 1. The van der Waals surface area contributed by atoms with Crippen molar-refractivity contribution in [3.8, 4) is 6.07 Å². The molecular weight excluding hydrogens is 336 g/mol. The van der Waals surface area contributed by atoms with Crippen molar-refractivity contribution in [3.63, 3.8) is 0 Å². The summed E-state index contributed by atoms with van der Waals surface area (Å²) in [4.78, 5) is 7.22. The average Bonchev–Trinajstić information content (AvgIpc) is 2.72. The zero-order chi connectivity index (χ0) is 18.6. The molecule has 0 saturated carbocycles. The van der Waals surface area contributed by atoms with Gasteiger partial charge in [-0.3, -0.25) is 0 Å². The highest BCUT2D eigenvalue weighted by molar-refractivity contribution is 5.85. The van der Waals surface area contributed by atoms with Gasteiger partial charge in [-0.1, -0.05) is 12.1 Å². The Bertz CT molecular complexity index is 825. The highest BCUT2D eigenvalue weighted by Gasteiger charge is 2.27. The van der Waals surface area contributed by atoms with Crippen LogP contribution >= 0.6 is 0 Å². The lowest BCUT2D eigenvalue weighted by molar-refractivity contribution is 0.0650. The second-order valence-electron chi connectivity index (χ2n) is 7.89. The van der Waals surface area contributed by atoms with Crippen LogP contribution in [0, 0.1) is 17.2 Å². The Kier molecular flexibility index (Phi) is 5.56. The third-order valence-electron chi connectivity index (χ3n) is 6.03. The van der Waals surface area contributed by atoms with E-state index in [1.54, 1.807) is 0 Å². The predicted octanol–water partition coefficient (Wildman–Crippen LogP) is 3.48. The number of anilines is 1. The normalized spacial score (nSPS) is 24.1. The molecule has 0 spiro atoms. The molecule has 1 aromatic carbocycles. The number of fused-ring (bicyclic) bond motifs is 1. The molecule has 5 heteroatoms. The zero-order valence-corrected chi connectivity index (χ0v) is 16.0. The van der Waals surface area contributed by atoms with Crippen molar-refractivity contribution in [3.05, 3.63) is 35.9 Å². The van der Waals surface area contributed by atoms with Crippen LogP contribution in [-0.4, -0.2) is 43.4 Å². The Morgan fingerprint density at radius 1 is 1.22 bits per heavy atom. The van der Waals surface area contributed by atoms with Crippen LogP contribution in [0.25, 0.3) is 10.9 Å². The number of nitriles is 1. The van der Waals surface area contributed by atoms with Crippen molar-refractivity contribution in [2.45, 2.75) is 44.7 Å². The van der Waals surface area contributed by atoms with Gasteiger partial charge in [-0.05, 0) is 63.3 Å². The van der Waals surface area contributed by atoms with E-state index in [9.17, 15) is 5.26 Å². The smallest absolute Gasteiger partial charge is 0.129 e. The van der Waals surface area contributed by atoms with Gasteiger partial charge in [-0.25, -0.2) is 4.98 Å². The van der Waals surface area contributed by atoms with Crippen LogP contribution in [-0.2, 0) is 4.74 Å². The summed E-state index contributed by atoms with van der Waals surface area (Å²) in [6, 6.07) is 13.2. The number of rotatable bonds is 4. The first-order chi connectivity index (χ1) is 13.2. The molecule has 2 aromatic rings. The molecule has 1 N–H and O–H groups in total. The molecule has 0 amide bonds. The minimum absolute atomic E-state index is 0.435. The lowest BCUT2D eigenvalue weighted by Gasteiger charge is -2.39. The summed E-state index contributed by atoms with van der Waals surface area (Å²) in [5.41, 5.74) is 1.46. The molecule has 5 nitrogen and oxygen atoms in total. The van der Waals surface area contributed by atoms with Gasteiger partial charge in [0.2, 0.25) is 0 Å². The molecule has 2 fully saturated rings. The number of piperidine rings is 1. The van der Waals surface area contributed by atoms with Crippen LogP contribution < -0.4 is 10.2 Å². The molecule has 0 radical (unpaired) electrons. The van der Waals surface area contributed by atoms with Crippen molar-refractivity contribution in [2.24, 2.45) is 5.92 Å². The molecule has 4 rings (SSSR count). The molecule has 27 heavy (non-hydrogen) atoms. The first kappa shape index (κ1) is 18.2. The van der Waals surface area contributed by atoms with E-state index < -0.39 is 0 Å². The van der Waals surface area contributed by atoms with Gasteiger partial charge in [0.15, 0.2) is 0 Å². The third kappa shape index (κ3) is 4.07. The molecule has 2 aliphatic heterocycles. The average molecular weight is 364 g/mol. The van der Waals surface area contributed by atoms with E-state index in [1.807, 2.05) is 18.2 Å². The monoisotopic (exact) mass is 364 g/mol. The first-order valence-electron chi connectivity index (χ1n) is 10.1. The molecule has 0 unspecified atom stereocenters. The summed E-state index contributed by atoms with van der Waals surface area (Å²) < 4.78 is 5.46. The van der Waals surface area contributed by atoms with Crippen molar-refractivity contribution in [1.29, 1.82) is 5.26 Å². The Morgan fingerprint density at radius 2 is 2.07 bits per heavy atom. The van der Waals surface area contributed by atoms with E-state index >= 15 is 0 Å². The number of benzene rings is 1. The molecule has 0 bridgehead atoms. The number of nitrogens with zero attached hydrogens (tertiary/aromatic N) is 3. The van der Waals surface area contributed by atoms with Crippen LogP contribution in [0.1, 0.15) is 38.2 Å². The minimum Gasteiger partial charge on any atom is -0.381 e. The fourth-order valence-corrected chi connectivity index (χ4v) is 4.37. The van der Waals surface area contributed by atoms with Gasteiger partial charge in [0.05, 0.1) is 11.1 Å². The number of ether oxygens (including phenoxy) is 1. The fraction of sp³-hybridized carbons (Fsp3) is 0.545. The van der Waals surface area contributed by atoms with Gasteiger partial charge in [-0.2, -0.15) is 5.26 Å². The molecule has 1 aromatic heterocycles. The molecule has 0 aliphatic carbocycles. The lowest BCUT2D eigenvalue weighted by Crippen LogP contribution is -2.48. The number of hydrogen-bond acceptors (Lipinski definition) is 5. The van der Waals surface area contributed by atoms with Crippen molar-refractivity contribution >= 4 is 16.7 Å². The molecule has 142 valence electrons. The zero-order valence-electron chi connectivity index (χ0n) is 16.0. The van der Waals surface area contributed by atoms with E-state index in [0.717, 1.165) is 61.8 Å². The Hall–Kier alpha value is -2.16. The largest absolute Gasteiger partial charge is 0.381 e. The van der Waals surface area contributed by atoms with Gasteiger partial charge < -0.3 is 15.0 Å². The highest BCUT2D eigenvalue weighted by atomic mass is 16.5. The van der Waals surface area contributed by atoms with Crippen molar-refractivity contribution in [1.82, 2.24) is 10.3 Å². The topological polar surface area (TPSA) is 61.2 Å². The summed E-state index contributed by atoms with van der Waals surface area (Å²) >= 11 is 0. The SMILES string of the molecule is C[C@@H]1C[C@H](NCC2CCOCC2)CCN1c1ccc2cccc(C#N)c2n1. The number of hydrogen-bond donors (Lipinski definition) is 1. The van der Waals surface area contributed by atoms with Crippen molar-refractivity contribution in [2.75, 3.05) is 31.2 Å². The van der Waals surface area contributed by atoms with E-state index in [0.29, 0.717) is 17.6 Å². The maximum atomic E-state index is 9.37. The van der Waals surface area contributed by atoms with Crippen molar-refractivity contribution < 1.29 is 4.74 Å². The summed E-state index contributed by atoms with van der Waals surface area (Å²) in [7, 11) is 0. The van der Waals surface area contributed by atoms with Gasteiger partial charge in [0.25, 0.3) is 0 Å². The summed E-state index contributed by atoms with van der Waals surface area (Å²) in [6.07, 6.45) is 4.63. The molecule has 2 atom stereocenters. The molecule has 3 heterocycles. The maximum absolute atomic E-state index is 9.37. The van der Waals surface area contributed by atoms with Crippen LogP contribution in [0.15, 0.2) is 30.3 Å². The first-order valence-corrected chi connectivity index (χ1v) is 10.1.